The van der Waals surface area contributed by atoms with E-state index in [1.54, 1.807) is 23.7 Å². The minimum absolute atomic E-state index is 0.106. The van der Waals surface area contributed by atoms with Gasteiger partial charge in [0, 0.05) is 23.0 Å². The third-order valence-corrected chi connectivity index (χ3v) is 5.17. The number of carbonyl (C=O) groups is 1. The lowest BCUT2D eigenvalue weighted by atomic mass is 10.2. The normalized spacial score (nSPS) is 17.0. The zero-order valence-electron chi connectivity index (χ0n) is 13.7. The first kappa shape index (κ1) is 15.9. The van der Waals surface area contributed by atoms with E-state index in [2.05, 4.69) is 15.6 Å². The van der Waals surface area contributed by atoms with Gasteiger partial charge in [0.25, 0.3) is 0 Å². The molecule has 1 aliphatic rings. The Morgan fingerprint density at radius 1 is 1.24 bits per heavy atom. The van der Waals surface area contributed by atoms with Gasteiger partial charge in [-0.05, 0) is 35.7 Å². The van der Waals surface area contributed by atoms with E-state index in [0.29, 0.717) is 19.5 Å². The standard InChI is InChI=1S/C19H19N3O2S/c23-19(10-18-6-3-9-25-18)22-12-15-4-2-8-21(15)13-17(14-22)24-16-5-1-7-20-11-16/h1-9,11,17H,10,12-14H2. The number of thiophene rings is 1. The molecule has 0 aliphatic carbocycles. The van der Waals surface area contributed by atoms with Crippen LogP contribution < -0.4 is 4.74 Å². The maximum absolute atomic E-state index is 12.8. The molecule has 128 valence electrons. The molecule has 0 saturated carbocycles. The number of amides is 1. The monoisotopic (exact) mass is 353 g/mol. The van der Waals surface area contributed by atoms with Crippen molar-refractivity contribution in [3.05, 3.63) is 70.9 Å². The number of ether oxygens (including phenoxy) is 1. The molecule has 1 atom stereocenters. The van der Waals surface area contributed by atoms with Crippen LogP contribution in [-0.2, 0) is 24.3 Å². The first-order valence-corrected chi connectivity index (χ1v) is 9.17. The maximum Gasteiger partial charge on any atom is 0.228 e. The summed E-state index contributed by atoms with van der Waals surface area (Å²) in [5.74, 6) is 0.866. The highest BCUT2D eigenvalue weighted by Gasteiger charge is 2.26. The highest BCUT2D eigenvalue weighted by atomic mass is 32.1. The molecule has 4 rings (SSSR count). The molecule has 0 N–H and O–H groups in total. The van der Waals surface area contributed by atoms with Crippen LogP contribution >= 0.6 is 11.3 Å². The van der Waals surface area contributed by atoms with Crippen LogP contribution in [0.25, 0.3) is 0 Å². The van der Waals surface area contributed by atoms with Crippen LogP contribution in [0.1, 0.15) is 10.6 Å². The van der Waals surface area contributed by atoms with Crippen LogP contribution in [0.15, 0.2) is 60.4 Å². The Kier molecular flexibility index (Phi) is 4.52. The third kappa shape index (κ3) is 3.74. The molecule has 1 aliphatic heterocycles. The summed E-state index contributed by atoms with van der Waals surface area (Å²) in [5.41, 5.74) is 1.14. The predicted octanol–water partition coefficient (Wildman–Crippen LogP) is 2.98. The summed E-state index contributed by atoms with van der Waals surface area (Å²) < 4.78 is 8.27. The lowest BCUT2D eigenvalue weighted by Crippen LogP contribution is -2.39. The quantitative estimate of drug-likeness (QED) is 0.724. The van der Waals surface area contributed by atoms with Gasteiger partial charge < -0.3 is 14.2 Å². The van der Waals surface area contributed by atoms with Gasteiger partial charge in [-0.2, -0.15) is 0 Å². The van der Waals surface area contributed by atoms with Crippen molar-refractivity contribution in [2.45, 2.75) is 25.6 Å². The highest BCUT2D eigenvalue weighted by molar-refractivity contribution is 7.10. The number of nitrogens with zero attached hydrogens (tertiary/aromatic N) is 3. The van der Waals surface area contributed by atoms with Gasteiger partial charge in [0.1, 0.15) is 11.9 Å². The zero-order chi connectivity index (χ0) is 17.1. The Morgan fingerprint density at radius 2 is 2.20 bits per heavy atom. The molecule has 6 heteroatoms. The Balaban J connectivity index is 1.53. The number of hydrogen-bond acceptors (Lipinski definition) is 4. The van der Waals surface area contributed by atoms with E-state index in [1.165, 1.54) is 0 Å². The fourth-order valence-corrected chi connectivity index (χ4v) is 3.80. The van der Waals surface area contributed by atoms with Gasteiger partial charge in [-0.25, -0.2) is 0 Å². The van der Waals surface area contributed by atoms with Crippen molar-refractivity contribution in [2.24, 2.45) is 0 Å². The lowest BCUT2D eigenvalue weighted by molar-refractivity contribution is -0.132. The van der Waals surface area contributed by atoms with Gasteiger partial charge in [0.05, 0.1) is 32.3 Å². The van der Waals surface area contributed by atoms with Crippen molar-refractivity contribution in [3.63, 3.8) is 0 Å². The first-order chi connectivity index (χ1) is 12.3. The number of carbonyl (C=O) groups excluding carboxylic acids is 1. The van der Waals surface area contributed by atoms with Crippen LogP contribution in [0.5, 0.6) is 5.75 Å². The third-order valence-electron chi connectivity index (χ3n) is 4.30. The topological polar surface area (TPSA) is 47.4 Å². The minimum Gasteiger partial charge on any atom is -0.485 e. The summed E-state index contributed by atoms with van der Waals surface area (Å²) >= 11 is 1.62. The molecular formula is C19H19N3O2S. The molecule has 25 heavy (non-hydrogen) atoms. The van der Waals surface area contributed by atoms with Gasteiger partial charge in [-0.15, -0.1) is 11.3 Å². The summed E-state index contributed by atoms with van der Waals surface area (Å²) in [6.07, 6.45) is 5.81. The van der Waals surface area contributed by atoms with E-state index in [0.717, 1.165) is 22.9 Å². The number of pyridine rings is 1. The smallest absolute Gasteiger partial charge is 0.228 e. The Hall–Kier alpha value is -2.60. The average molecular weight is 353 g/mol. The van der Waals surface area contributed by atoms with E-state index in [-0.39, 0.29) is 12.0 Å². The minimum atomic E-state index is -0.106. The van der Waals surface area contributed by atoms with Crippen molar-refractivity contribution in [3.8, 4) is 5.75 Å². The van der Waals surface area contributed by atoms with Crippen molar-refractivity contribution in [1.82, 2.24) is 14.5 Å². The molecule has 3 aromatic rings. The van der Waals surface area contributed by atoms with Crippen molar-refractivity contribution in [1.29, 1.82) is 0 Å². The van der Waals surface area contributed by atoms with Crippen LogP contribution in [0.3, 0.4) is 0 Å². The number of aromatic nitrogens is 2. The molecule has 3 aromatic heterocycles. The molecule has 0 radical (unpaired) electrons. The zero-order valence-corrected chi connectivity index (χ0v) is 14.6. The van der Waals surface area contributed by atoms with E-state index >= 15 is 0 Å². The van der Waals surface area contributed by atoms with Crippen LogP contribution in [0, 0.1) is 0 Å². The van der Waals surface area contributed by atoms with Gasteiger partial charge in [-0.3, -0.25) is 9.78 Å². The first-order valence-electron chi connectivity index (χ1n) is 8.29. The Labute approximate surface area is 150 Å². The van der Waals surface area contributed by atoms with E-state index < -0.39 is 0 Å². The fourth-order valence-electron chi connectivity index (χ4n) is 3.10. The molecule has 0 bridgehead atoms. The summed E-state index contributed by atoms with van der Waals surface area (Å²) in [6, 6.07) is 11.8. The molecule has 0 aromatic carbocycles. The van der Waals surface area contributed by atoms with Gasteiger partial charge in [0.15, 0.2) is 0 Å². The van der Waals surface area contributed by atoms with Gasteiger partial charge in [-0.1, -0.05) is 6.07 Å². The summed E-state index contributed by atoms with van der Waals surface area (Å²) in [7, 11) is 0. The molecule has 0 spiro atoms. The molecular weight excluding hydrogens is 334 g/mol. The van der Waals surface area contributed by atoms with Crippen molar-refractivity contribution >= 4 is 17.2 Å². The van der Waals surface area contributed by atoms with Crippen LogP contribution in [0.2, 0.25) is 0 Å². The summed E-state index contributed by atoms with van der Waals surface area (Å²) in [4.78, 5) is 19.9. The summed E-state index contributed by atoms with van der Waals surface area (Å²) in [5, 5.41) is 2.00. The van der Waals surface area contributed by atoms with E-state index in [4.69, 9.17) is 4.74 Å². The lowest BCUT2D eigenvalue weighted by Gasteiger charge is -2.24. The number of rotatable bonds is 4. The number of hydrogen-bond donors (Lipinski definition) is 0. The van der Waals surface area contributed by atoms with Gasteiger partial charge in [0.2, 0.25) is 5.91 Å². The van der Waals surface area contributed by atoms with E-state index in [9.17, 15) is 4.79 Å². The van der Waals surface area contributed by atoms with Crippen LogP contribution in [0.4, 0.5) is 0 Å². The Bertz CT molecular complexity index is 829. The molecule has 1 amide bonds. The second-order valence-corrected chi connectivity index (χ2v) is 7.14. The number of fused-ring (bicyclic) bond motifs is 1. The van der Waals surface area contributed by atoms with Crippen molar-refractivity contribution in [2.75, 3.05) is 6.54 Å². The molecule has 5 nitrogen and oxygen atoms in total. The van der Waals surface area contributed by atoms with E-state index in [1.807, 2.05) is 46.8 Å². The van der Waals surface area contributed by atoms with Crippen molar-refractivity contribution < 1.29 is 9.53 Å². The predicted molar refractivity (Wildman–Crippen MR) is 96.5 cm³/mol. The average Bonchev–Trinajstić information content (AvgIpc) is 3.25. The highest BCUT2D eigenvalue weighted by Crippen LogP contribution is 2.19. The summed E-state index contributed by atoms with van der Waals surface area (Å²) in [6.45, 7) is 1.91. The maximum atomic E-state index is 12.8. The Morgan fingerprint density at radius 3 is 3.00 bits per heavy atom. The molecule has 1 unspecified atom stereocenters. The fraction of sp³-hybridized carbons (Fsp3) is 0.263. The SMILES string of the molecule is O=C(Cc1cccs1)N1Cc2cccn2CC(Oc2cccnc2)C1. The van der Waals surface area contributed by atoms with Gasteiger partial charge >= 0.3 is 0 Å². The van der Waals surface area contributed by atoms with Crippen LogP contribution in [-0.4, -0.2) is 33.0 Å². The molecule has 4 heterocycles. The second kappa shape index (κ2) is 7.11. The molecule has 0 saturated heterocycles. The second-order valence-electron chi connectivity index (χ2n) is 6.11. The molecule has 0 fully saturated rings. The largest absolute Gasteiger partial charge is 0.485 e.